The first kappa shape index (κ1) is 56.3. The molecule has 0 saturated carbocycles. The summed E-state index contributed by atoms with van der Waals surface area (Å²) < 4.78 is 35.3. The van der Waals surface area contributed by atoms with E-state index in [1.165, 1.54) is 0 Å². The average molecular weight is 1130 g/mol. The van der Waals surface area contributed by atoms with E-state index in [-0.39, 0.29) is 0 Å². The van der Waals surface area contributed by atoms with E-state index in [9.17, 15) is 125 Å². The number of carbonyl (C=O) groups is 8. The predicted molar refractivity (Wildman–Crippen MR) is 242 cm³/mol. The zero-order valence-electron chi connectivity index (χ0n) is 39.0. The molecule has 5 aromatic carbocycles. The Balaban J connectivity index is 0.000000321. The summed E-state index contributed by atoms with van der Waals surface area (Å²) in [5, 5.41) is 178. The molecule has 1 fully saturated rings. The number of aliphatic hydroxyl groups excluding tert-OH is 2. The van der Waals surface area contributed by atoms with Gasteiger partial charge in [0.25, 0.3) is 5.76 Å². The quantitative estimate of drug-likeness (QED) is 0.0525. The Morgan fingerprint density at radius 2 is 0.875 bits per heavy atom. The normalized spacial score (nSPS) is 18.9. The summed E-state index contributed by atoms with van der Waals surface area (Å²) >= 11 is 0. The Morgan fingerprint density at radius 1 is 0.475 bits per heavy atom. The second-order valence-corrected chi connectivity index (χ2v) is 16.5. The number of hydrogen-bond donors (Lipinski definition) is 18. The molecular formula is C47H34O33. The molecule has 3 heterocycles. The van der Waals surface area contributed by atoms with Crippen LogP contribution in [0.4, 0.5) is 0 Å². The molecule has 0 radical (unpaired) electrons. The van der Waals surface area contributed by atoms with Crippen molar-refractivity contribution in [2.45, 2.75) is 36.6 Å². The molecule has 0 spiro atoms. The molecule has 0 aromatic heterocycles. The first-order chi connectivity index (χ1) is 37.4. The number of ether oxygens (including phenoxy) is 7. The largest absolute Gasteiger partial charge is 0.504 e. The zero-order chi connectivity index (χ0) is 59.3. The topological polar surface area (TPSA) is 565 Å². The summed E-state index contributed by atoms with van der Waals surface area (Å²) in [5.74, 6) is -32.4. The van der Waals surface area contributed by atoms with Crippen molar-refractivity contribution in [2.75, 3.05) is 6.61 Å². The molecular weight excluding hydrogens is 1090 g/mol. The van der Waals surface area contributed by atoms with Gasteiger partial charge in [-0.25, -0.2) is 38.4 Å². The fourth-order valence-electron chi connectivity index (χ4n) is 7.38. The molecule has 3 aliphatic rings. The monoisotopic (exact) mass is 1130 g/mol. The SMILES string of the molecule is O=C(O[C@@H](C(=O)O)[C@H]1OC(=O)[C@@H](O)[C@@H]1O)c1cc(O)c(O)c(O)c1.O=C1OC2COC(=O)c3cc(O)c(O)c(O)c3-c3c(cc(O)c(O)c3O)C(=O)OC2C(OC(=O)c2cc(O)c(O)c(O)c2)=C1OC(=O)c1cc(O)c(O)c(O)c1. The summed E-state index contributed by atoms with van der Waals surface area (Å²) in [7, 11) is 0. The van der Waals surface area contributed by atoms with E-state index in [0.29, 0.717) is 48.5 Å². The van der Waals surface area contributed by atoms with Gasteiger partial charge in [0.2, 0.25) is 29.5 Å². The molecule has 2 unspecified atom stereocenters. The van der Waals surface area contributed by atoms with Crippen molar-refractivity contribution in [3.05, 3.63) is 87.9 Å². The maximum atomic E-state index is 14.0. The molecule has 33 heteroatoms. The highest BCUT2D eigenvalue weighted by Gasteiger charge is 2.51. The van der Waals surface area contributed by atoms with E-state index in [2.05, 4.69) is 9.47 Å². The van der Waals surface area contributed by atoms with E-state index in [0.717, 1.165) is 0 Å². The minimum Gasteiger partial charge on any atom is -0.504 e. The van der Waals surface area contributed by atoms with Crippen molar-refractivity contribution in [3.8, 4) is 97.4 Å². The maximum absolute atomic E-state index is 14.0. The van der Waals surface area contributed by atoms with Crippen LogP contribution < -0.4 is 0 Å². The van der Waals surface area contributed by atoms with Gasteiger partial charge >= 0.3 is 47.8 Å². The smallest absolute Gasteiger partial charge is 0.378 e. The summed E-state index contributed by atoms with van der Waals surface area (Å²) in [6.45, 7) is -1.19. The molecule has 420 valence electrons. The first-order valence-electron chi connectivity index (χ1n) is 21.5. The fourth-order valence-corrected chi connectivity index (χ4v) is 7.38. The summed E-state index contributed by atoms with van der Waals surface area (Å²) in [6, 6.07) is 4.54. The molecule has 0 aliphatic carbocycles. The van der Waals surface area contributed by atoms with Gasteiger partial charge in [-0.15, -0.1) is 0 Å². The number of benzene rings is 5. The number of rotatable bonds is 8. The lowest BCUT2D eigenvalue weighted by atomic mass is 9.92. The number of carboxylic acids is 1. The highest BCUT2D eigenvalue weighted by molar-refractivity contribution is 6.09. The molecule has 3 aliphatic heterocycles. The van der Waals surface area contributed by atoms with Crippen molar-refractivity contribution >= 4 is 47.8 Å². The van der Waals surface area contributed by atoms with Gasteiger partial charge < -0.3 is 125 Å². The van der Waals surface area contributed by atoms with Crippen LogP contribution in [-0.4, -0.2) is 183 Å². The van der Waals surface area contributed by atoms with Gasteiger partial charge in [0.05, 0.1) is 27.8 Å². The number of phenols is 15. The summed E-state index contributed by atoms with van der Waals surface area (Å²) in [4.78, 5) is 102. The van der Waals surface area contributed by atoms with Gasteiger partial charge in [-0.3, -0.25) is 0 Å². The van der Waals surface area contributed by atoms with Crippen molar-refractivity contribution in [2.24, 2.45) is 0 Å². The minimum absolute atomic E-state index is 0.426. The number of carbonyl (C=O) groups excluding carboxylic acids is 7. The van der Waals surface area contributed by atoms with Gasteiger partial charge in [0, 0.05) is 11.1 Å². The summed E-state index contributed by atoms with van der Waals surface area (Å²) in [5.41, 5.74) is -6.08. The van der Waals surface area contributed by atoms with E-state index < -0.39 is 228 Å². The second kappa shape index (κ2) is 21.3. The van der Waals surface area contributed by atoms with Crippen molar-refractivity contribution in [1.29, 1.82) is 0 Å². The summed E-state index contributed by atoms with van der Waals surface area (Å²) in [6.07, 6.45) is -12.4. The highest BCUT2D eigenvalue weighted by atomic mass is 16.7. The number of phenolic OH excluding ortho intramolecular Hbond substituents is 15. The Labute approximate surface area is 439 Å². The van der Waals surface area contributed by atoms with Gasteiger partial charge in [-0.2, -0.15) is 0 Å². The van der Waals surface area contributed by atoms with E-state index in [1.807, 2.05) is 0 Å². The molecule has 18 N–H and O–H groups in total. The third-order valence-electron chi connectivity index (χ3n) is 11.3. The van der Waals surface area contributed by atoms with Gasteiger partial charge in [0.15, 0.2) is 93.1 Å². The van der Waals surface area contributed by atoms with Gasteiger partial charge in [0.1, 0.15) is 12.7 Å². The number of cyclic esters (lactones) is 2. The number of carboxylic acid groups (broad SMARTS) is 1. The number of esters is 7. The van der Waals surface area contributed by atoms with Crippen LogP contribution in [0, 0.1) is 0 Å². The van der Waals surface area contributed by atoms with Crippen LogP contribution in [0.1, 0.15) is 51.8 Å². The van der Waals surface area contributed by atoms with Crippen LogP contribution in [0.3, 0.4) is 0 Å². The number of fused-ring (bicyclic) bond motifs is 4. The number of aromatic hydroxyl groups is 15. The zero-order valence-corrected chi connectivity index (χ0v) is 39.0. The van der Waals surface area contributed by atoms with Crippen molar-refractivity contribution in [3.63, 3.8) is 0 Å². The van der Waals surface area contributed by atoms with E-state index in [4.69, 9.17) is 28.8 Å². The molecule has 33 nitrogen and oxygen atoms in total. The van der Waals surface area contributed by atoms with Crippen LogP contribution in [0.5, 0.6) is 86.2 Å². The fraction of sp³-hybridized carbons (Fsp3) is 0.149. The molecule has 80 heavy (non-hydrogen) atoms. The lowest BCUT2D eigenvalue weighted by Crippen LogP contribution is -2.46. The van der Waals surface area contributed by atoms with Gasteiger partial charge in [-0.05, 0) is 48.5 Å². The lowest BCUT2D eigenvalue weighted by Gasteiger charge is -2.32. The van der Waals surface area contributed by atoms with Crippen LogP contribution >= 0.6 is 0 Å². The molecule has 8 rings (SSSR count). The average Bonchev–Trinajstić information content (AvgIpc) is 3.66. The highest BCUT2D eigenvalue weighted by Crippen LogP contribution is 2.53. The van der Waals surface area contributed by atoms with Crippen molar-refractivity contribution in [1.82, 2.24) is 0 Å². The maximum Gasteiger partial charge on any atom is 0.378 e. The Kier molecular flexibility index (Phi) is 15.0. The first-order valence-corrected chi connectivity index (χ1v) is 21.5. The van der Waals surface area contributed by atoms with E-state index >= 15 is 0 Å². The van der Waals surface area contributed by atoms with Crippen molar-refractivity contribution < 1.29 is 163 Å². The lowest BCUT2D eigenvalue weighted by molar-refractivity contribution is -0.163. The molecule has 0 bridgehead atoms. The van der Waals surface area contributed by atoms with Gasteiger partial charge in [-0.1, -0.05) is 0 Å². The standard InChI is InChI=1S/C34H22O22.C13H12O11/c35-12-1-8(2-13(36)21(12)41)30(47)55-28-27-18(53-34(51)29(28)56-31(48)9-3-14(37)22(42)15(38)4-9)7-52-32(49)10-5-16(39)23(43)25(45)19(10)20-11(33(50)54-27)6-17(40)24(44)26(20)46;14-4-1-3(2-5(15)6(4)16)12(21)24-10(11(19)20)9-7(17)8(18)13(22)23-9/h1-6,18,27,35-46H,7H2;1-2,7-10,14-18H,(H,19,20)/t;7-,8-,9-,10+/m.0/s1. The Morgan fingerprint density at radius 3 is 1.29 bits per heavy atom. The number of aliphatic carboxylic acids is 1. The molecule has 0 amide bonds. The molecule has 1 saturated heterocycles. The Hall–Kier alpha value is -11.5. The minimum atomic E-state index is -2.40. The van der Waals surface area contributed by atoms with Crippen LogP contribution in [0.25, 0.3) is 11.1 Å². The third kappa shape index (κ3) is 10.4. The third-order valence-corrected chi connectivity index (χ3v) is 11.3. The van der Waals surface area contributed by atoms with Crippen LogP contribution in [-0.2, 0) is 47.5 Å². The Bertz CT molecular complexity index is 3470. The van der Waals surface area contributed by atoms with E-state index in [1.54, 1.807) is 0 Å². The number of aliphatic hydroxyl groups is 2. The van der Waals surface area contributed by atoms with Crippen LogP contribution in [0.15, 0.2) is 60.0 Å². The molecule has 5 aromatic rings. The molecule has 6 atom stereocenters. The predicted octanol–water partition coefficient (Wildman–Crippen LogP) is -0.572. The van der Waals surface area contributed by atoms with Crippen LogP contribution in [0.2, 0.25) is 0 Å². The number of hydrogen-bond acceptors (Lipinski definition) is 32. The second-order valence-electron chi connectivity index (χ2n) is 16.5.